The Bertz CT molecular complexity index is 709. The molecule has 1 saturated heterocycles. The van der Waals surface area contributed by atoms with E-state index in [9.17, 15) is 9.59 Å². The number of rotatable bonds is 7. The highest BCUT2D eigenvalue weighted by Crippen LogP contribution is 2.23. The lowest BCUT2D eigenvalue weighted by molar-refractivity contribution is -0.118. The molecule has 2 N–H and O–H groups in total. The number of anilines is 1. The highest BCUT2D eigenvalue weighted by Gasteiger charge is 2.31. The summed E-state index contributed by atoms with van der Waals surface area (Å²) in [6, 6.07) is 9.27. The summed E-state index contributed by atoms with van der Waals surface area (Å²) in [5, 5.41) is 4.72. The molecule has 24 heavy (non-hydrogen) atoms. The van der Waals surface area contributed by atoms with E-state index in [4.69, 9.17) is 4.74 Å². The molecule has 1 aliphatic rings. The van der Waals surface area contributed by atoms with Crippen LogP contribution in [0.4, 0.5) is 10.7 Å². The van der Waals surface area contributed by atoms with Gasteiger partial charge in [-0.15, -0.1) is 0 Å². The van der Waals surface area contributed by atoms with Gasteiger partial charge in [0.15, 0.2) is 0 Å². The van der Waals surface area contributed by atoms with Crippen molar-refractivity contribution < 1.29 is 14.3 Å². The molecular weight excluding hydrogens is 328 g/mol. The van der Waals surface area contributed by atoms with Crippen LogP contribution >= 0.6 is 11.8 Å². The molecule has 1 unspecified atom stereocenters. The summed E-state index contributed by atoms with van der Waals surface area (Å²) >= 11 is 1.04. The van der Waals surface area contributed by atoms with E-state index in [1.165, 1.54) is 0 Å². The van der Waals surface area contributed by atoms with Crippen LogP contribution < -0.4 is 15.4 Å². The quantitative estimate of drug-likeness (QED) is 0.741. The largest absolute Gasteiger partial charge is 0.492 e. The topological polar surface area (TPSA) is 93.2 Å². The van der Waals surface area contributed by atoms with Gasteiger partial charge in [-0.3, -0.25) is 14.9 Å². The van der Waals surface area contributed by atoms with Gasteiger partial charge in [-0.2, -0.15) is 0 Å². The maximum atomic E-state index is 11.6. The summed E-state index contributed by atoms with van der Waals surface area (Å²) < 4.78 is 5.63. The van der Waals surface area contributed by atoms with Gasteiger partial charge in [0.1, 0.15) is 12.4 Å². The Labute approximate surface area is 143 Å². The molecule has 3 rings (SSSR count). The van der Waals surface area contributed by atoms with E-state index in [2.05, 4.69) is 20.6 Å². The monoisotopic (exact) mass is 344 g/mol. The third-order valence-corrected chi connectivity index (χ3v) is 4.31. The van der Waals surface area contributed by atoms with Crippen LogP contribution in [0, 0.1) is 0 Å². The molecule has 2 amide bonds. The number of nitrogens with one attached hydrogen (secondary N) is 2. The number of nitrogens with zero attached hydrogens (tertiary/aromatic N) is 2. The molecule has 2 heterocycles. The van der Waals surface area contributed by atoms with Crippen LogP contribution in [-0.2, 0) is 11.2 Å². The van der Waals surface area contributed by atoms with E-state index in [0.29, 0.717) is 25.5 Å². The number of hydrogen-bond donors (Lipinski definition) is 2. The minimum atomic E-state index is -0.348. The van der Waals surface area contributed by atoms with Crippen molar-refractivity contribution in [3.8, 4) is 5.75 Å². The first-order valence-corrected chi connectivity index (χ1v) is 8.33. The normalized spacial score (nSPS) is 16.8. The Morgan fingerprint density at radius 3 is 2.58 bits per heavy atom. The third kappa shape index (κ3) is 4.45. The summed E-state index contributed by atoms with van der Waals surface area (Å²) in [5.74, 6) is 1.09. The molecule has 0 spiro atoms. The summed E-state index contributed by atoms with van der Waals surface area (Å²) in [6.07, 6.45) is 3.87. The maximum absolute atomic E-state index is 11.6. The highest BCUT2D eigenvalue weighted by molar-refractivity contribution is 8.15. The lowest BCUT2D eigenvalue weighted by Gasteiger charge is -2.09. The summed E-state index contributed by atoms with van der Waals surface area (Å²) in [6.45, 7) is 1.07. The second-order valence-electron chi connectivity index (χ2n) is 5.08. The molecule has 1 aromatic heterocycles. The first kappa shape index (κ1) is 16.3. The van der Waals surface area contributed by atoms with Crippen molar-refractivity contribution in [3.05, 3.63) is 48.3 Å². The van der Waals surface area contributed by atoms with Crippen LogP contribution in [0.15, 0.2) is 42.7 Å². The van der Waals surface area contributed by atoms with Gasteiger partial charge in [0.2, 0.25) is 11.9 Å². The number of imide groups is 1. The predicted octanol–water partition coefficient (Wildman–Crippen LogP) is 1.86. The van der Waals surface area contributed by atoms with E-state index in [0.717, 1.165) is 23.1 Å². The zero-order valence-corrected chi connectivity index (χ0v) is 13.6. The third-order valence-electron chi connectivity index (χ3n) is 3.33. The van der Waals surface area contributed by atoms with Crippen molar-refractivity contribution in [1.82, 2.24) is 15.3 Å². The minimum absolute atomic E-state index is 0.223. The van der Waals surface area contributed by atoms with Gasteiger partial charge in [-0.25, -0.2) is 9.97 Å². The molecule has 0 saturated carbocycles. The number of ether oxygens (including phenoxy) is 1. The first-order valence-electron chi connectivity index (χ1n) is 7.45. The minimum Gasteiger partial charge on any atom is -0.492 e. The first-order chi connectivity index (χ1) is 11.7. The van der Waals surface area contributed by atoms with E-state index in [-0.39, 0.29) is 16.4 Å². The number of aromatic nitrogens is 2. The molecule has 0 bridgehead atoms. The van der Waals surface area contributed by atoms with Crippen LogP contribution in [-0.4, -0.2) is 39.5 Å². The molecule has 1 atom stereocenters. The summed E-state index contributed by atoms with van der Waals surface area (Å²) in [5.41, 5.74) is 0.987. The number of thioether (sulfide) groups is 1. The average molecular weight is 344 g/mol. The van der Waals surface area contributed by atoms with E-state index in [1.807, 2.05) is 24.3 Å². The van der Waals surface area contributed by atoms with Crippen LogP contribution in [0.1, 0.15) is 5.56 Å². The van der Waals surface area contributed by atoms with Crippen LogP contribution in [0.25, 0.3) is 0 Å². The fourth-order valence-corrected chi connectivity index (χ4v) is 3.05. The van der Waals surface area contributed by atoms with Crippen molar-refractivity contribution in [2.45, 2.75) is 11.7 Å². The Morgan fingerprint density at radius 2 is 1.92 bits per heavy atom. The van der Waals surface area contributed by atoms with Crippen molar-refractivity contribution in [1.29, 1.82) is 0 Å². The molecule has 8 heteroatoms. The van der Waals surface area contributed by atoms with Crippen molar-refractivity contribution in [2.75, 3.05) is 18.5 Å². The molecule has 1 fully saturated rings. The Morgan fingerprint density at radius 1 is 1.17 bits per heavy atom. The molecule has 2 aromatic rings. The molecule has 1 aliphatic heterocycles. The SMILES string of the molecule is O=C1NC(=O)C(Cc2ccc(OCCNc3ncccn3)cc2)S1. The molecule has 124 valence electrons. The fraction of sp³-hybridized carbons (Fsp3) is 0.250. The van der Waals surface area contributed by atoms with Gasteiger partial charge in [0.05, 0.1) is 11.8 Å². The zero-order valence-electron chi connectivity index (χ0n) is 12.8. The molecule has 0 aliphatic carbocycles. The van der Waals surface area contributed by atoms with Gasteiger partial charge in [-0.1, -0.05) is 23.9 Å². The van der Waals surface area contributed by atoms with Crippen molar-refractivity contribution in [2.24, 2.45) is 0 Å². The number of hydrogen-bond acceptors (Lipinski definition) is 7. The van der Waals surface area contributed by atoms with Crippen LogP contribution in [0.5, 0.6) is 5.75 Å². The molecular formula is C16H16N4O3S. The number of amides is 2. The average Bonchev–Trinajstić information content (AvgIpc) is 2.91. The summed E-state index contributed by atoms with van der Waals surface area (Å²) in [4.78, 5) is 30.8. The van der Waals surface area contributed by atoms with Gasteiger partial charge in [0.25, 0.3) is 5.24 Å². The van der Waals surface area contributed by atoms with Crippen LogP contribution in [0.2, 0.25) is 0 Å². The lowest BCUT2D eigenvalue weighted by atomic mass is 10.1. The number of carbonyl (C=O) groups is 2. The second-order valence-corrected chi connectivity index (χ2v) is 6.25. The fourth-order valence-electron chi connectivity index (χ4n) is 2.19. The van der Waals surface area contributed by atoms with Gasteiger partial charge >= 0.3 is 0 Å². The Hall–Kier alpha value is -2.61. The van der Waals surface area contributed by atoms with Crippen molar-refractivity contribution >= 4 is 28.9 Å². The van der Waals surface area contributed by atoms with Crippen molar-refractivity contribution in [3.63, 3.8) is 0 Å². The maximum Gasteiger partial charge on any atom is 0.286 e. The van der Waals surface area contributed by atoms with Crippen LogP contribution in [0.3, 0.4) is 0 Å². The second kappa shape index (κ2) is 7.78. The van der Waals surface area contributed by atoms with E-state index < -0.39 is 0 Å². The molecule has 0 radical (unpaired) electrons. The van der Waals surface area contributed by atoms with Gasteiger partial charge in [-0.05, 0) is 30.2 Å². The molecule has 7 nitrogen and oxygen atoms in total. The standard InChI is InChI=1S/C16H16N4O3S/c21-14-13(24-16(22)20-14)10-11-2-4-12(5-3-11)23-9-8-19-15-17-6-1-7-18-15/h1-7,13H,8-10H2,(H,17,18,19)(H,20,21,22). The smallest absolute Gasteiger partial charge is 0.286 e. The van der Waals surface area contributed by atoms with Gasteiger partial charge in [0, 0.05) is 12.4 Å². The van der Waals surface area contributed by atoms with E-state index in [1.54, 1.807) is 18.5 Å². The Balaban J connectivity index is 1.43. The number of carbonyl (C=O) groups excluding carboxylic acids is 2. The highest BCUT2D eigenvalue weighted by atomic mass is 32.2. The zero-order chi connectivity index (χ0) is 16.8. The lowest BCUT2D eigenvalue weighted by Crippen LogP contribution is -2.25. The predicted molar refractivity (Wildman–Crippen MR) is 91.1 cm³/mol. The van der Waals surface area contributed by atoms with Gasteiger partial charge < -0.3 is 10.1 Å². The number of benzene rings is 1. The summed E-state index contributed by atoms with van der Waals surface area (Å²) in [7, 11) is 0. The Kier molecular flexibility index (Phi) is 5.27. The molecule has 1 aromatic carbocycles. The van der Waals surface area contributed by atoms with E-state index >= 15 is 0 Å².